The van der Waals surface area contributed by atoms with Gasteiger partial charge in [0.1, 0.15) is 6.54 Å². The largest absolute Gasteiger partial charge is 0.381 e. The van der Waals surface area contributed by atoms with Crippen LogP contribution in [-0.2, 0) is 32.8 Å². The first-order valence-electron chi connectivity index (χ1n) is 10.5. The van der Waals surface area contributed by atoms with Crippen molar-refractivity contribution >= 4 is 33.4 Å². The van der Waals surface area contributed by atoms with Crippen molar-refractivity contribution in [2.45, 2.75) is 31.3 Å². The molecule has 2 aromatic carbocycles. The van der Waals surface area contributed by atoms with Crippen LogP contribution in [0.4, 0.5) is 5.69 Å². The van der Waals surface area contributed by atoms with E-state index in [0.29, 0.717) is 38.3 Å². The van der Waals surface area contributed by atoms with E-state index in [1.54, 1.807) is 23.1 Å². The first kappa shape index (κ1) is 22.2. The Kier molecular flexibility index (Phi) is 7.02. The van der Waals surface area contributed by atoms with Crippen LogP contribution < -0.4 is 10.6 Å². The number of ether oxygens (including phenoxy) is 1. The highest BCUT2D eigenvalue weighted by Crippen LogP contribution is 2.36. The van der Waals surface area contributed by atoms with Crippen LogP contribution in [0.1, 0.15) is 24.0 Å². The number of hydrogen-bond acceptors (Lipinski definition) is 4. The van der Waals surface area contributed by atoms with E-state index in [1.807, 2.05) is 48.5 Å². The van der Waals surface area contributed by atoms with Gasteiger partial charge in [0.2, 0.25) is 11.8 Å². The lowest BCUT2D eigenvalue weighted by Crippen LogP contribution is -2.47. The normalized spacial score (nSPS) is 15.2. The van der Waals surface area contributed by atoms with Crippen molar-refractivity contribution in [3.63, 3.8) is 0 Å². The summed E-state index contributed by atoms with van der Waals surface area (Å²) >= 11 is 3.47. The summed E-state index contributed by atoms with van der Waals surface area (Å²) in [5.74, 6) is -0.164. The summed E-state index contributed by atoms with van der Waals surface area (Å²) in [6.07, 6.45) is 4.66. The third kappa shape index (κ3) is 5.26. The highest BCUT2D eigenvalue weighted by molar-refractivity contribution is 9.10. The zero-order valence-electron chi connectivity index (χ0n) is 17.6. The van der Waals surface area contributed by atoms with Gasteiger partial charge in [-0.2, -0.15) is 5.10 Å². The molecule has 2 N–H and O–H groups in total. The second-order valence-electron chi connectivity index (χ2n) is 7.84. The molecule has 0 atom stereocenters. The molecule has 1 aliphatic rings. The smallest absolute Gasteiger partial charge is 0.246 e. The second kappa shape index (κ2) is 10.1. The van der Waals surface area contributed by atoms with Crippen LogP contribution in [-0.4, -0.2) is 34.8 Å². The number of benzene rings is 2. The molecule has 8 heteroatoms. The minimum atomic E-state index is -0.603. The summed E-state index contributed by atoms with van der Waals surface area (Å²) in [6.45, 7) is 1.63. The third-order valence-electron chi connectivity index (χ3n) is 5.71. The van der Waals surface area contributed by atoms with E-state index in [-0.39, 0.29) is 18.4 Å². The molecule has 1 saturated heterocycles. The van der Waals surface area contributed by atoms with E-state index in [2.05, 4.69) is 31.7 Å². The molecule has 0 saturated carbocycles. The summed E-state index contributed by atoms with van der Waals surface area (Å²) in [7, 11) is 0. The molecule has 2 heterocycles. The summed E-state index contributed by atoms with van der Waals surface area (Å²) in [5, 5.41) is 10.0. The number of aromatic nitrogens is 2. The van der Waals surface area contributed by atoms with Gasteiger partial charge in [0, 0.05) is 42.3 Å². The minimum absolute atomic E-state index is 0.00348. The minimum Gasteiger partial charge on any atom is -0.381 e. The molecule has 1 aromatic heterocycles. The number of nitrogens with one attached hydrogen (secondary N) is 2. The lowest BCUT2D eigenvalue weighted by molar-refractivity contribution is -0.130. The summed E-state index contributed by atoms with van der Waals surface area (Å²) in [4.78, 5) is 25.6. The van der Waals surface area contributed by atoms with Crippen molar-refractivity contribution in [2.75, 3.05) is 18.5 Å². The lowest BCUT2D eigenvalue weighted by Gasteiger charge is -2.36. The Bertz CT molecular complexity index is 1060. The molecule has 0 spiro atoms. The molecule has 0 bridgehead atoms. The number of rotatable bonds is 7. The van der Waals surface area contributed by atoms with Crippen LogP contribution in [0.15, 0.2) is 71.5 Å². The van der Waals surface area contributed by atoms with Gasteiger partial charge in [-0.15, -0.1) is 0 Å². The average Bonchev–Trinajstić information content (AvgIpc) is 3.31. The molecule has 2 amide bonds. The van der Waals surface area contributed by atoms with E-state index in [9.17, 15) is 9.59 Å². The molecule has 4 rings (SSSR count). The first-order valence-corrected chi connectivity index (χ1v) is 11.3. The van der Waals surface area contributed by atoms with E-state index in [1.165, 1.54) is 0 Å². The Balaban J connectivity index is 1.41. The summed E-state index contributed by atoms with van der Waals surface area (Å²) in [6, 6.07) is 17.2. The Hall–Kier alpha value is -2.97. The van der Waals surface area contributed by atoms with Gasteiger partial charge in [-0.3, -0.25) is 14.3 Å². The van der Waals surface area contributed by atoms with Crippen LogP contribution in [0.25, 0.3) is 0 Å². The molecule has 0 aliphatic carbocycles. The van der Waals surface area contributed by atoms with Crippen molar-refractivity contribution in [3.05, 3.63) is 82.6 Å². The maximum Gasteiger partial charge on any atom is 0.246 e. The number of amides is 2. The highest BCUT2D eigenvalue weighted by Gasteiger charge is 2.41. The summed E-state index contributed by atoms with van der Waals surface area (Å²) < 4.78 is 8.08. The maximum absolute atomic E-state index is 13.4. The molecule has 1 aliphatic heterocycles. The molecule has 0 radical (unpaired) electrons. The van der Waals surface area contributed by atoms with Gasteiger partial charge in [-0.1, -0.05) is 40.2 Å². The maximum atomic E-state index is 13.4. The van der Waals surface area contributed by atoms with Gasteiger partial charge >= 0.3 is 0 Å². The van der Waals surface area contributed by atoms with Crippen LogP contribution in [0.2, 0.25) is 0 Å². The van der Waals surface area contributed by atoms with Crippen LogP contribution in [0.3, 0.4) is 0 Å². The van der Waals surface area contributed by atoms with Crippen molar-refractivity contribution in [3.8, 4) is 0 Å². The molecule has 3 aromatic rings. The SMILES string of the molecule is O=C(Cn1cccn1)Nc1cccc(CNC(=O)C2(c3ccc(Br)cc3)CCOCC2)c1. The van der Waals surface area contributed by atoms with E-state index in [0.717, 1.165) is 15.6 Å². The monoisotopic (exact) mass is 496 g/mol. The molecule has 1 fully saturated rings. The van der Waals surface area contributed by atoms with Gasteiger partial charge in [0.25, 0.3) is 0 Å². The third-order valence-corrected chi connectivity index (χ3v) is 6.24. The van der Waals surface area contributed by atoms with Crippen LogP contribution >= 0.6 is 15.9 Å². The zero-order valence-corrected chi connectivity index (χ0v) is 19.2. The van der Waals surface area contributed by atoms with Crippen molar-refractivity contribution in [1.82, 2.24) is 15.1 Å². The number of nitrogens with zero attached hydrogens (tertiary/aromatic N) is 2. The molecule has 32 heavy (non-hydrogen) atoms. The molecular formula is C24H25BrN4O3. The number of hydrogen-bond donors (Lipinski definition) is 2. The number of carbonyl (C=O) groups is 2. The van der Waals surface area contributed by atoms with Gasteiger partial charge < -0.3 is 15.4 Å². The van der Waals surface area contributed by atoms with Crippen LogP contribution in [0.5, 0.6) is 0 Å². The molecular weight excluding hydrogens is 472 g/mol. The fourth-order valence-corrected chi connectivity index (χ4v) is 4.25. The Morgan fingerprint density at radius 3 is 2.59 bits per heavy atom. The molecule has 166 valence electrons. The zero-order chi connectivity index (χ0) is 22.4. The molecule has 0 unspecified atom stereocenters. The Morgan fingerprint density at radius 2 is 1.88 bits per heavy atom. The molecule has 7 nitrogen and oxygen atoms in total. The van der Waals surface area contributed by atoms with Gasteiger partial charge in [-0.25, -0.2) is 0 Å². The Labute approximate surface area is 195 Å². The quantitative estimate of drug-likeness (QED) is 0.522. The summed E-state index contributed by atoms with van der Waals surface area (Å²) in [5.41, 5.74) is 1.99. The predicted octanol–water partition coefficient (Wildman–Crippen LogP) is 3.65. The van der Waals surface area contributed by atoms with E-state index < -0.39 is 5.41 Å². The van der Waals surface area contributed by atoms with Crippen molar-refractivity contribution in [1.29, 1.82) is 0 Å². The number of anilines is 1. The highest BCUT2D eigenvalue weighted by atomic mass is 79.9. The van der Waals surface area contributed by atoms with Crippen molar-refractivity contribution in [2.24, 2.45) is 0 Å². The lowest BCUT2D eigenvalue weighted by atomic mass is 9.73. The standard InChI is InChI=1S/C24H25BrN4O3/c25-20-7-5-19(6-8-20)24(9-13-32-14-10-24)23(31)26-16-18-3-1-4-21(15-18)28-22(30)17-29-12-2-11-27-29/h1-8,11-12,15H,9-10,13-14,16-17H2,(H,26,31)(H,28,30). The average molecular weight is 497 g/mol. The Morgan fingerprint density at radius 1 is 1.09 bits per heavy atom. The first-order chi connectivity index (χ1) is 15.5. The van der Waals surface area contributed by atoms with Gasteiger partial charge in [0.15, 0.2) is 0 Å². The van der Waals surface area contributed by atoms with E-state index in [4.69, 9.17) is 4.74 Å². The number of halogens is 1. The van der Waals surface area contributed by atoms with Crippen LogP contribution in [0, 0.1) is 0 Å². The van der Waals surface area contributed by atoms with Crippen molar-refractivity contribution < 1.29 is 14.3 Å². The van der Waals surface area contributed by atoms with Gasteiger partial charge in [0.05, 0.1) is 5.41 Å². The fraction of sp³-hybridized carbons (Fsp3) is 0.292. The van der Waals surface area contributed by atoms with Gasteiger partial charge in [-0.05, 0) is 54.3 Å². The topological polar surface area (TPSA) is 85.3 Å². The predicted molar refractivity (Wildman–Crippen MR) is 125 cm³/mol. The fourth-order valence-electron chi connectivity index (χ4n) is 3.99. The number of carbonyl (C=O) groups excluding carboxylic acids is 2. The van der Waals surface area contributed by atoms with E-state index >= 15 is 0 Å². The second-order valence-corrected chi connectivity index (χ2v) is 8.75.